The molecule has 0 atom stereocenters. The molecular weight excluding hydrogens is 630 g/mol. The number of rotatable bonds is 8. The summed E-state index contributed by atoms with van der Waals surface area (Å²) in [6, 6.07) is 19.1. The molecule has 1 aromatic heterocycles. The largest absolute Gasteiger partial charge is 0.506 e. The fourth-order valence-corrected chi connectivity index (χ4v) is 5.33. The van der Waals surface area contributed by atoms with E-state index in [1.807, 2.05) is 93.7 Å². The molecule has 0 aliphatic rings. The highest BCUT2D eigenvalue weighted by molar-refractivity contribution is 14.1. The molecule has 0 unspecified atom stereocenters. The number of phenols is 1. The lowest BCUT2D eigenvalue weighted by Crippen LogP contribution is -2.05. The number of benzene rings is 3. The first-order chi connectivity index (χ1) is 15.5. The van der Waals surface area contributed by atoms with Crippen LogP contribution in [0.4, 0.5) is 0 Å². The van der Waals surface area contributed by atoms with Gasteiger partial charge in [-0.25, -0.2) is 0 Å². The Morgan fingerprint density at radius 2 is 1.75 bits per heavy atom. The third-order valence-corrected chi connectivity index (χ3v) is 6.89. The second kappa shape index (κ2) is 10.2. The molecule has 0 saturated heterocycles. The van der Waals surface area contributed by atoms with Crippen molar-refractivity contribution >= 4 is 61.9 Å². The number of aromatic hydroxyl groups is 1. The van der Waals surface area contributed by atoms with Crippen LogP contribution in [-0.2, 0) is 13.0 Å². The fourth-order valence-electron chi connectivity index (χ4n) is 3.56. The Kier molecular flexibility index (Phi) is 7.40. The van der Waals surface area contributed by atoms with Gasteiger partial charge in [0, 0.05) is 23.4 Å². The van der Waals surface area contributed by atoms with Crippen molar-refractivity contribution in [2.75, 3.05) is 0 Å². The number of carbonyl (C=O) groups is 1. The molecule has 3 aromatic carbocycles. The van der Waals surface area contributed by atoms with Gasteiger partial charge in [0.1, 0.15) is 29.4 Å². The summed E-state index contributed by atoms with van der Waals surface area (Å²) in [5, 5.41) is 10.9. The van der Waals surface area contributed by atoms with Crippen LogP contribution in [0.3, 0.4) is 0 Å². The molecule has 32 heavy (non-hydrogen) atoms. The molecule has 0 radical (unpaired) electrons. The van der Waals surface area contributed by atoms with Crippen LogP contribution in [0.25, 0.3) is 11.0 Å². The quantitative estimate of drug-likeness (QED) is 0.158. The molecule has 0 amide bonds. The van der Waals surface area contributed by atoms with Gasteiger partial charge in [-0.15, -0.1) is 0 Å². The van der Waals surface area contributed by atoms with Crippen LogP contribution in [0.1, 0.15) is 47.0 Å². The van der Waals surface area contributed by atoms with E-state index in [0.717, 1.165) is 23.8 Å². The number of ether oxygens (including phenoxy) is 1. The van der Waals surface area contributed by atoms with E-state index in [0.29, 0.717) is 48.4 Å². The smallest absolute Gasteiger partial charge is 0.197 e. The Labute approximate surface area is 214 Å². The SMILES string of the molecule is CCCCc1oc2cc(OCc3ccccc3)ccc2c1C(=O)c1cc(I)c(O)c(I)c1. The van der Waals surface area contributed by atoms with Gasteiger partial charge in [-0.3, -0.25) is 4.79 Å². The number of hydrogen-bond donors (Lipinski definition) is 1. The Bertz CT molecular complexity index is 1240. The minimum absolute atomic E-state index is 0.0939. The number of carbonyl (C=O) groups excluding carboxylic acids is 1. The van der Waals surface area contributed by atoms with E-state index < -0.39 is 0 Å². The minimum Gasteiger partial charge on any atom is -0.506 e. The lowest BCUT2D eigenvalue weighted by molar-refractivity contribution is 0.103. The number of hydrogen-bond acceptors (Lipinski definition) is 4. The maximum atomic E-state index is 13.5. The van der Waals surface area contributed by atoms with Crippen LogP contribution in [0.15, 0.2) is 65.1 Å². The number of furan rings is 1. The molecule has 6 heteroatoms. The highest BCUT2D eigenvalue weighted by atomic mass is 127. The zero-order valence-electron chi connectivity index (χ0n) is 17.5. The summed E-state index contributed by atoms with van der Waals surface area (Å²) in [7, 11) is 0. The van der Waals surface area contributed by atoms with E-state index in [4.69, 9.17) is 9.15 Å². The third-order valence-electron chi connectivity index (χ3n) is 5.25. The molecule has 0 aliphatic carbocycles. The predicted octanol–water partition coefficient (Wildman–Crippen LogP) is 7.50. The zero-order chi connectivity index (χ0) is 22.7. The summed E-state index contributed by atoms with van der Waals surface area (Å²) in [6.07, 6.45) is 2.63. The molecule has 1 heterocycles. The highest BCUT2D eigenvalue weighted by Gasteiger charge is 2.23. The molecule has 0 bridgehead atoms. The Hall–Kier alpha value is -2.07. The zero-order valence-corrected chi connectivity index (χ0v) is 21.8. The fraction of sp³-hybridized carbons (Fsp3) is 0.192. The van der Waals surface area contributed by atoms with Crippen molar-refractivity contribution in [3.63, 3.8) is 0 Å². The van der Waals surface area contributed by atoms with Crippen LogP contribution >= 0.6 is 45.2 Å². The van der Waals surface area contributed by atoms with Crippen molar-refractivity contribution in [1.82, 2.24) is 0 Å². The number of halogens is 2. The molecule has 4 aromatic rings. The van der Waals surface area contributed by atoms with Crippen LogP contribution in [-0.4, -0.2) is 10.9 Å². The standard InChI is InChI=1S/C26H22I2O4/c1-2-3-9-22-24(25(29)17-12-20(27)26(30)21(28)13-17)19-11-10-18(14-23(19)32-22)31-15-16-7-5-4-6-8-16/h4-8,10-14,30H,2-3,9,15H2,1H3. The van der Waals surface area contributed by atoms with E-state index >= 15 is 0 Å². The molecule has 1 N–H and O–H groups in total. The average Bonchev–Trinajstić information content (AvgIpc) is 3.17. The van der Waals surface area contributed by atoms with Crippen LogP contribution in [0.5, 0.6) is 11.5 Å². The monoisotopic (exact) mass is 652 g/mol. The Morgan fingerprint density at radius 1 is 1.03 bits per heavy atom. The molecule has 4 rings (SSSR count). The first-order valence-corrected chi connectivity index (χ1v) is 12.6. The number of fused-ring (bicyclic) bond motifs is 1. The number of ketones is 1. The minimum atomic E-state index is -0.0939. The second-order valence-corrected chi connectivity index (χ2v) is 9.88. The van der Waals surface area contributed by atoms with Gasteiger partial charge in [-0.05, 0) is 81.4 Å². The van der Waals surface area contributed by atoms with Gasteiger partial charge in [0.25, 0.3) is 0 Å². The first kappa shape index (κ1) is 23.1. The molecule has 164 valence electrons. The lowest BCUT2D eigenvalue weighted by Gasteiger charge is -2.07. The van der Waals surface area contributed by atoms with Gasteiger partial charge in [0.15, 0.2) is 5.78 Å². The average molecular weight is 652 g/mol. The van der Waals surface area contributed by atoms with Crippen molar-refractivity contribution in [3.8, 4) is 11.5 Å². The Balaban J connectivity index is 1.71. The maximum Gasteiger partial charge on any atom is 0.197 e. The number of aryl methyl sites for hydroxylation is 1. The van der Waals surface area contributed by atoms with Gasteiger partial charge in [0.05, 0.1) is 12.7 Å². The van der Waals surface area contributed by atoms with Gasteiger partial charge < -0.3 is 14.3 Å². The number of phenolic OH excluding ortho intramolecular Hbond substituents is 1. The van der Waals surface area contributed by atoms with Gasteiger partial charge in [-0.1, -0.05) is 43.7 Å². The maximum absolute atomic E-state index is 13.5. The van der Waals surface area contributed by atoms with Crippen molar-refractivity contribution < 1.29 is 19.1 Å². The number of unbranched alkanes of at least 4 members (excludes halogenated alkanes) is 1. The van der Waals surface area contributed by atoms with E-state index in [2.05, 4.69) is 6.92 Å². The van der Waals surface area contributed by atoms with Crippen molar-refractivity contribution in [2.45, 2.75) is 32.8 Å². The summed E-state index contributed by atoms with van der Waals surface area (Å²) < 4.78 is 13.4. The third kappa shape index (κ3) is 4.96. The topological polar surface area (TPSA) is 59.7 Å². The van der Waals surface area contributed by atoms with E-state index in [9.17, 15) is 9.90 Å². The second-order valence-electron chi connectivity index (χ2n) is 7.55. The summed E-state index contributed by atoms with van der Waals surface area (Å²) in [5.74, 6) is 1.50. The van der Waals surface area contributed by atoms with Crippen LogP contribution < -0.4 is 4.74 Å². The molecule has 0 saturated carbocycles. The first-order valence-electron chi connectivity index (χ1n) is 10.4. The molecule has 4 nitrogen and oxygen atoms in total. The van der Waals surface area contributed by atoms with Gasteiger partial charge in [-0.2, -0.15) is 0 Å². The van der Waals surface area contributed by atoms with E-state index in [-0.39, 0.29) is 11.5 Å². The molecule has 0 fully saturated rings. The van der Waals surface area contributed by atoms with E-state index in [1.165, 1.54) is 0 Å². The predicted molar refractivity (Wildman–Crippen MR) is 143 cm³/mol. The lowest BCUT2D eigenvalue weighted by atomic mass is 9.98. The van der Waals surface area contributed by atoms with E-state index in [1.54, 1.807) is 12.1 Å². The van der Waals surface area contributed by atoms with Gasteiger partial charge in [0.2, 0.25) is 0 Å². The molecular formula is C26H22I2O4. The highest BCUT2D eigenvalue weighted by Crippen LogP contribution is 2.34. The summed E-state index contributed by atoms with van der Waals surface area (Å²) in [6.45, 7) is 2.58. The summed E-state index contributed by atoms with van der Waals surface area (Å²) >= 11 is 4.09. The normalized spacial score (nSPS) is 11.1. The molecule has 0 aliphatic heterocycles. The van der Waals surface area contributed by atoms with Crippen molar-refractivity contribution in [2.24, 2.45) is 0 Å². The van der Waals surface area contributed by atoms with Crippen molar-refractivity contribution in [3.05, 3.63) is 90.3 Å². The Morgan fingerprint density at radius 3 is 2.44 bits per heavy atom. The molecule has 0 spiro atoms. The van der Waals surface area contributed by atoms with Crippen LogP contribution in [0, 0.1) is 7.14 Å². The van der Waals surface area contributed by atoms with Crippen LogP contribution in [0.2, 0.25) is 0 Å². The summed E-state index contributed by atoms with van der Waals surface area (Å²) in [5.41, 5.74) is 2.87. The van der Waals surface area contributed by atoms with Crippen molar-refractivity contribution in [1.29, 1.82) is 0 Å². The van der Waals surface area contributed by atoms with Gasteiger partial charge >= 0.3 is 0 Å². The summed E-state index contributed by atoms with van der Waals surface area (Å²) in [4.78, 5) is 13.5.